The Balaban J connectivity index is 0. The predicted molar refractivity (Wildman–Crippen MR) is 90.9 cm³/mol. The normalized spacial score (nSPS) is 14.3. The molecule has 0 radical (unpaired) electrons. The van der Waals surface area contributed by atoms with Crippen LogP contribution in [0.1, 0.15) is 97.3 Å². The van der Waals surface area contributed by atoms with Crippen molar-refractivity contribution in [2.75, 3.05) is 0 Å². The van der Waals surface area contributed by atoms with E-state index in [1.54, 1.807) is 0 Å². The molecule has 0 aliphatic carbocycles. The minimum atomic E-state index is -4.19. The molecule has 0 saturated carbocycles. The summed E-state index contributed by atoms with van der Waals surface area (Å²) in [5.74, 6) is 0. The first-order valence-electron chi connectivity index (χ1n) is 9.04. The molecule has 0 rings (SSSR count). The molecule has 0 aromatic rings. The van der Waals surface area contributed by atoms with Gasteiger partial charge in [-0.2, -0.15) is 0 Å². The Labute approximate surface area is 165 Å². The van der Waals surface area contributed by atoms with Gasteiger partial charge in [-0.15, -0.1) is 0 Å². The first kappa shape index (κ1) is 26.1. The molecular formula is C17H35NaO4S. The van der Waals surface area contributed by atoms with Gasteiger partial charge in [-0.3, -0.25) is 0 Å². The molecule has 0 aromatic heterocycles. The molecule has 2 atom stereocenters. The molecule has 0 amide bonds. The topological polar surface area (TPSA) is 77.4 Å². The molecule has 0 aromatic carbocycles. The average Bonchev–Trinajstić information content (AvgIpc) is 2.45. The minimum Gasteiger partial charge on any atom is -0.748 e. The van der Waals surface area contributed by atoms with E-state index >= 15 is 0 Å². The molecule has 0 bridgehead atoms. The van der Waals surface area contributed by atoms with E-state index in [2.05, 4.69) is 13.8 Å². The zero-order valence-electron chi connectivity index (χ0n) is 15.4. The van der Waals surface area contributed by atoms with Gasteiger partial charge in [0.15, 0.2) is 0 Å². The first-order chi connectivity index (χ1) is 10.4. The SMILES string of the molecule is CCCCCCCC(CCCCC(O)CCCC)S(=O)(=O)[O-].[Na+]. The van der Waals surface area contributed by atoms with Crippen LogP contribution in [0.2, 0.25) is 0 Å². The largest absolute Gasteiger partial charge is 1.00 e. The summed E-state index contributed by atoms with van der Waals surface area (Å²) in [4.78, 5) is 0. The Bertz CT molecular complexity index is 347. The van der Waals surface area contributed by atoms with E-state index in [0.29, 0.717) is 25.7 Å². The van der Waals surface area contributed by atoms with E-state index in [9.17, 15) is 18.1 Å². The predicted octanol–water partition coefficient (Wildman–Crippen LogP) is 1.38. The van der Waals surface area contributed by atoms with Crippen LogP contribution < -0.4 is 29.6 Å². The molecule has 23 heavy (non-hydrogen) atoms. The van der Waals surface area contributed by atoms with Gasteiger partial charge in [-0.1, -0.05) is 71.6 Å². The van der Waals surface area contributed by atoms with Crippen molar-refractivity contribution in [3.63, 3.8) is 0 Å². The summed E-state index contributed by atoms with van der Waals surface area (Å²) in [6.45, 7) is 4.23. The molecule has 1 N–H and O–H groups in total. The van der Waals surface area contributed by atoms with Crippen molar-refractivity contribution in [3.05, 3.63) is 0 Å². The van der Waals surface area contributed by atoms with E-state index in [1.807, 2.05) is 0 Å². The molecule has 0 aliphatic rings. The second kappa shape index (κ2) is 16.3. The van der Waals surface area contributed by atoms with Crippen LogP contribution in [-0.4, -0.2) is 29.4 Å². The molecule has 4 nitrogen and oxygen atoms in total. The Morgan fingerprint density at radius 1 is 0.783 bits per heavy atom. The summed E-state index contributed by atoms with van der Waals surface area (Å²) in [5.41, 5.74) is 0. The van der Waals surface area contributed by atoms with Gasteiger partial charge in [-0.25, -0.2) is 8.42 Å². The Morgan fingerprint density at radius 2 is 1.22 bits per heavy atom. The van der Waals surface area contributed by atoms with Gasteiger partial charge < -0.3 is 9.66 Å². The molecule has 0 saturated heterocycles. The molecule has 0 spiro atoms. The third kappa shape index (κ3) is 16.1. The third-order valence-corrected chi connectivity index (χ3v) is 5.53. The first-order valence-corrected chi connectivity index (χ1v) is 10.5. The van der Waals surface area contributed by atoms with Crippen LogP contribution in [0.25, 0.3) is 0 Å². The van der Waals surface area contributed by atoms with Crippen LogP contribution in [0.4, 0.5) is 0 Å². The van der Waals surface area contributed by atoms with E-state index in [4.69, 9.17) is 0 Å². The molecule has 6 heteroatoms. The standard InChI is InChI=1S/C17H36O4S.Na/c1-3-5-7-8-9-14-17(22(19,20)21)15-11-10-13-16(18)12-6-4-2;/h16-18H,3-15H2,1-2H3,(H,19,20,21);/q;+1/p-1. The van der Waals surface area contributed by atoms with Crippen molar-refractivity contribution in [1.29, 1.82) is 0 Å². The zero-order chi connectivity index (χ0) is 16.8. The summed E-state index contributed by atoms with van der Waals surface area (Å²) in [6, 6.07) is 0. The summed E-state index contributed by atoms with van der Waals surface area (Å²) < 4.78 is 33.9. The third-order valence-electron chi connectivity index (χ3n) is 4.24. The molecule has 0 fully saturated rings. The molecular weight excluding hydrogens is 323 g/mol. The van der Waals surface area contributed by atoms with Gasteiger partial charge in [0.05, 0.1) is 16.2 Å². The van der Waals surface area contributed by atoms with Gasteiger partial charge in [0.25, 0.3) is 0 Å². The average molecular weight is 359 g/mol. The molecule has 134 valence electrons. The van der Waals surface area contributed by atoms with Gasteiger partial charge in [-0.05, 0) is 25.7 Å². The van der Waals surface area contributed by atoms with E-state index in [0.717, 1.165) is 51.4 Å². The number of unbranched alkanes of at least 4 members (excludes halogenated alkanes) is 6. The minimum absolute atomic E-state index is 0. The fourth-order valence-electron chi connectivity index (χ4n) is 2.74. The fraction of sp³-hybridized carbons (Fsp3) is 1.00. The number of rotatable bonds is 15. The second-order valence-electron chi connectivity index (χ2n) is 6.40. The zero-order valence-corrected chi connectivity index (χ0v) is 18.2. The Morgan fingerprint density at radius 3 is 1.74 bits per heavy atom. The fourth-order valence-corrected chi connectivity index (χ4v) is 3.66. The van der Waals surface area contributed by atoms with Crippen LogP contribution in [0.3, 0.4) is 0 Å². The van der Waals surface area contributed by atoms with Crippen molar-refractivity contribution in [1.82, 2.24) is 0 Å². The second-order valence-corrected chi connectivity index (χ2v) is 8.05. The Hall–Kier alpha value is 0.870. The van der Waals surface area contributed by atoms with Gasteiger partial charge in [0.2, 0.25) is 0 Å². The number of hydrogen-bond acceptors (Lipinski definition) is 4. The van der Waals surface area contributed by atoms with Crippen LogP contribution in [0, 0.1) is 0 Å². The molecule has 0 aliphatic heterocycles. The monoisotopic (exact) mass is 358 g/mol. The van der Waals surface area contributed by atoms with Crippen LogP contribution in [0.15, 0.2) is 0 Å². The Kier molecular flexibility index (Phi) is 18.5. The summed E-state index contributed by atoms with van der Waals surface area (Å²) in [5, 5.41) is 9.01. The quantitative estimate of drug-likeness (QED) is 0.272. The maximum absolute atomic E-state index is 11.3. The van der Waals surface area contributed by atoms with E-state index < -0.39 is 15.4 Å². The van der Waals surface area contributed by atoms with E-state index in [1.165, 1.54) is 6.42 Å². The van der Waals surface area contributed by atoms with Gasteiger partial charge in [0.1, 0.15) is 0 Å². The van der Waals surface area contributed by atoms with Crippen molar-refractivity contribution in [3.8, 4) is 0 Å². The van der Waals surface area contributed by atoms with Crippen molar-refractivity contribution < 1.29 is 47.6 Å². The van der Waals surface area contributed by atoms with Crippen LogP contribution >= 0.6 is 0 Å². The maximum atomic E-state index is 11.3. The number of aliphatic hydroxyl groups is 1. The number of aliphatic hydroxyl groups excluding tert-OH is 1. The van der Waals surface area contributed by atoms with Crippen LogP contribution in [-0.2, 0) is 10.1 Å². The molecule has 0 heterocycles. The van der Waals surface area contributed by atoms with E-state index in [-0.39, 0.29) is 35.7 Å². The maximum Gasteiger partial charge on any atom is 1.00 e. The summed E-state index contributed by atoms with van der Waals surface area (Å²) in [6.07, 6.45) is 11.1. The van der Waals surface area contributed by atoms with Crippen molar-refractivity contribution in [2.24, 2.45) is 0 Å². The molecule has 2 unspecified atom stereocenters. The van der Waals surface area contributed by atoms with Gasteiger partial charge >= 0.3 is 29.6 Å². The van der Waals surface area contributed by atoms with Gasteiger partial charge in [0, 0.05) is 5.25 Å². The van der Waals surface area contributed by atoms with Crippen LogP contribution in [0.5, 0.6) is 0 Å². The van der Waals surface area contributed by atoms with Crippen molar-refractivity contribution in [2.45, 2.75) is 109 Å². The smallest absolute Gasteiger partial charge is 0.748 e. The van der Waals surface area contributed by atoms with Crippen molar-refractivity contribution >= 4 is 10.1 Å². The summed E-state index contributed by atoms with van der Waals surface area (Å²) in [7, 11) is -4.19. The number of hydrogen-bond donors (Lipinski definition) is 1. The summed E-state index contributed by atoms with van der Waals surface area (Å²) >= 11 is 0.